The Hall–Kier alpha value is -3.95. The molecule has 1 aliphatic rings. The fourth-order valence-corrected chi connectivity index (χ4v) is 3.37. The lowest BCUT2D eigenvalue weighted by Gasteiger charge is -2.18. The van der Waals surface area contributed by atoms with Crippen molar-refractivity contribution in [1.29, 1.82) is 0 Å². The fourth-order valence-electron chi connectivity index (χ4n) is 3.37. The van der Waals surface area contributed by atoms with E-state index in [4.69, 9.17) is 5.73 Å². The van der Waals surface area contributed by atoms with Crippen molar-refractivity contribution in [2.45, 2.75) is 38.6 Å². The summed E-state index contributed by atoms with van der Waals surface area (Å²) in [6, 6.07) is 7.06. The van der Waals surface area contributed by atoms with Gasteiger partial charge in [0.25, 0.3) is 11.5 Å². The van der Waals surface area contributed by atoms with Gasteiger partial charge in [-0.05, 0) is 55.5 Å². The number of amides is 1. The number of anilines is 2. The zero-order chi connectivity index (χ0) is 22.5. The molecule has 3 aromatic rings. The lowest BCUT2D eigenvalue weighted by molar-refractivity contribution is 0.0952. The molecule has 0 radical (unpaired) electrons. The molecule has 1 amide bonds. The van der Waals surface area contributed by atoms with Gasteiger partial charge in [-0.15, -0.1) is 0 Å². The molecule has 1 saturated carbocycles. The van der Waals surface area contributed by atoms with Crippen molar-refractivity contribution in [2.24, 2.45) is 0 Å². The first-order valence-electron chi connectivity index (χ1n) is 10.5. The number of carbonyl (C=O) groups excluding carboxylic acids is 1. The third-order valence-electron chi connectivity index (χ3n) is 5.35. The first-order valence-corrected chi connectivity index (χ1v) is 10.5. The third-order valence-corrected chi connectivity index (χ3v) is 5.35. The number of nitrogens with zero attached hydrogens (tertiary/aromatic N) is 3. The highest BCUT2D eigenvalue weighted by Gasteiger charge is 2.13. The van der Waals surface area contributed by atoms with Gasteiger partial charge in [-0.3, -0.25) is 14.6 Å². The Balaban J connectivity index is 1.27. The Morgan fingerprint density at radius 2 is 1.97 bits per heavy atom. The quantitative estimate of drug-likeness (QED) is 0.266. The number of aliphatic hydroxyl groups is 1. The first-order chi connectivity index (χ1) is 15.5. The fraction of sp³-hybridized carbons (Fsp3) is 0.318. The van der Waals surface area contributed by atoms with Crippen LogP contribution in [0.5, 0.6) is 0 Å². The average Bonchev–Trinajstić information content (AvgIpc) is 2.74. The van der Waals surface area contributed by atoms with E-state index in [0.29, 0.717) is 42.9 Å². The summed E-state index contributed by atoms with van der Waals surface area (Å²) in [6.07, 6.45) is 5.99. The number of hydrogen-bond donors (Lipinski definition) is 5. The highest BCUT2D eigenvalue weighted by atomic mass is 16.3. The number of carbonyl (C=O) groups is 1. The topological polar surface area (TPSA) is 159 Å². The number of hydrogen-bond acceptors (Lipinski definition) is 8. The molecule has 0 bridgehead atoms. The van der Waals surface area contributed by atoms with Gasteiger partial charge in [-0.2, -0.15) is 4.98 Å². The third kappa shape index (κ3) is 5.02. The number of rotatable bonds is 8. The average molecular weight is 435 g/mol. The number of benzene rings is 1. The number of aromatic amines is 1. The smallest absolute Gasteiger partial charge is 0.280 e. The van der Waals surface area contributed by atoms with E-state index in [1.54, 1.807) is 24.3 Å². The van der Waals surface area contributed by atoms with E-state index < -0.39 is 5.56 Å². The number of nitrogens with two attached hydrogens (primary N) is 1. The SMILES string of the molecule is Nc1nc2ncc(CNc3ccc(C(=O)NCCCC(O)=C4CCC4)cc3)nc2c(=O)[nH]1. The van der Waals surface area contributed by atoms with Crippen molar-refractivity contribution in [3.63, 3.8) is 0 Å². The van der Waals surface area contributed by atoms with E-state index >= 15 is 0 Å². The molecule has 6 N–H and O–H groups in total. The highest BCUT2D eigenvalue weighted by molar-refractivity contribution is 5.94. The van der Waals surface area contributed by atoms with Crippen molar-refractivity contribution in [3.05, 3.63) is 63.4 Å². The number of allylic oxidation sites excluding steroid dienone is 2. The second-order valence-electron chi connectivity index (χ2n) is 7.68. The molecule has 2 aromatic heterocycles. The summed E-state index contributed by atoms with van der Waals surface area (Å²) in [6.45, 7) is 0.855. The van der Waals surface area contributed by atoms with Gasteiger partial charge in [0.15, 0.2) is 11.2 Å². The Bertz CT molecular complexity index is 1210. The van der Waals surface area contributed by atoms with Gasteiger partial charge in [-0.1, -0.05) is 0 Å². The summed E-state index contributed by atoms with van der Waals surface area (Å²) >= 11 is 0. The minimum absolute atomic E-state index is 0.00375. The molecule has 0 unspecified atom stereocenters. The Labute approximate surface area is 184 Å². The molecule has 1 aliphatic carbocycles. The molecule has 32 heavy (non-hydrogen) atoms. The van der Waals surface area contributed by atoms with Gasteiger partial charge in [0.2, 0.25) is 5.95 Å². The van der Waals surface area contributed by atoms with Crippen LogP contribution in [0, 0.1) is 0 Å². The summed E-state index contributed by atoms with van der Waals surface area (Å²) in [5.41, 5.74) is 8.46. The van der Waals surface area contributed by atoms with Crippen LogP contribution in [0.3, 0.4) is 0 Å². The van der Waals surface area contributed by atoms with Crippen LogP contribution in [0.15, 0.2) is 46.6 Å². The second-order valence-corrected chi connectivity index (χ2v) is 7.68. The summed E-state index contributed by atoms with van der Waals surface area (Å²) < 4.78 is 0. The van der Waals surface area contributed by atoms with Crippen LogP contribution in [0.2, 0.25) is 0 Å². The van der Waals surface area contributed by atoms with Gasteiger partial charge >= 0.3 is 0 Å². The van der Waals surface area contributed by atoms with Gasteiger partial charge in [-0.25, -0.2) is 9.97 Å². The van der Waals surface area contributed by atoms with Gasteiger partial charge < -0.3 is 21.5 Å². The monoisotopic (exact) mass is 435 g/mol. The number of aliphatic hydroxyl groups excluding tert-OH is 1. The Morgan fingerprint density at radius 3 is 2.69 bits per heavy atom. The van der Waals surface area contributed by atoms with Gasteiger partial charge in [0.1, 0.15) is 0 Å². The number of nitrogen functional groups attached to an aromatic ring is 1. The number of H-pyrrole nitrogens is 1. The number of fused-ring (bicyclic) bond motifs is 1. The van der Waals surface area contributed by atoms with E-state index in [1.165, 1.54) is 6.20 Å². The van der Waals surface area contributed by atoms with E-state index in [1.807, 2.05) is 0 Å². The van der Waals surface area contributed by atoms with Crippen LogP contribution >= 0.6 is 0 Å². The molecule has 4 rings (SSSR count). The van der Waals surface area contributed by atoms with E-state index in [-0.39, 0.29) is 23.0 Å². The van der Waals surface area contributed by atoms with Crippen molar-refractivity contribution in [3.8, 4) is 0 Å². The number of aromatic nitrogens is 4. The molecule has 0 spiro atoms. The predicted octanol–water partition coefficient (Wildman–Crippen LogP) is 2.41. The van der Waals surface area contributed by atoms with Crippen molar-refractivity contribution >= 4 is 28.7 Å². The van der Waals surface area contributed by atoms with Crippen LogP contribution in [-0.2, 0) is 6.54 Å². The predicted molar refractivity (Wildman–Crippen MR) is 121 cm³/mol. The molecule has 0 atom stereocenters. The summed E-state index contributed by atoms with van der Waals surface area (Å²) in [4.78, 5) is 39.0. The minimum Gasteiger partial charge on any atom is -0.512 e. The second kappa shape index (κ2) is 9.46. The van der Waals surface area contributed by atoms with E-state index in [9.17, 15) is 14.7 Å². The van der Waals surface area contributed by atoms with Crippen LogP contribution in [0.4, 0.5) is 11.6 Å². The molecule has 1 fully saturated rings. The maximum Gasteiger partial charge on any atom is 0.280 e. The van der Waals surface area contributed by atoms with Crippen LogP contribution in [0.25, 0.3) is 11.2 Å². The maximum absolute atomic E-state index is 12.3. The highest BCUT2D eigenvalue weighted by Crippen LogP contribution is 2.29. The lowest BCUT2D eigenvalue weighted by atomic mass is 9.90. The van der Waals surface area contributed by atoms with Crippen molar-refractivity contribution < 1.29 is 9.90 Å². The molecule has 10 heteroatoms. The van der Waals surface area contributed by atoms with Crippen LogP contribution in [0.1, 0.15) is 48.2 Å². The molecule has 10 nitrogen and oxygen atoms in total. The zero-order valence-corrected chi connectivity index (χ0v) is 17.5. The zero-order valence-electron chi connectivity index (χ0n) is 17.5. The molecular weight excluding hydrogens is 410 g/mol. The lowest BCUT2D eigenvalue weighted by Crippen LogP contribution is -2.24. The van der Waals surface area contributed by atoms with Gasteiger partial charge in [0.05, 0.1) is 24.2 Å². The van der Waals surface area contributed by atoms with Crippen molar-refractivity contribution in [1.82, 2.24) is 25.3 Å². The molecule has 0 saturated heterocycles. The standard InChI is InChI=1S/C22H25N7O3/c23-22-28-19-18(21(32)29-22)27-16(12-26-19)11-25-15-8-6-14(7-9-15)20(31)24-10-2-5-17(30)13-3-1-4-13/h6-9,12,25,30H,1-5,10-11H2,(H,24,31)(H3,23,26,28,29,32). The molecular formula is C22H25N7O3. The molecule has 2 heterocycles. The first kappa shape index (κ1) is 21.3. The number of nitrogens with one attached hydrogen (secondary N) is 3. The maximum atomic E-state index is 12.3. The Kier molecular flexibility index (Phi) is 6.29. The summed E-state index contributed by atoms with van der Waals surface area (Å²) in [7, 11) is 0. The molecule has 1 aromatic carbocycles. The summed E-state index contributed by atoms with van der Waals surface area (Å²) in [5.74, 6) is 0.330. The van der Waals surface area contributed by atoms with Crippen molar-refractivity contribution in [2.75, 3.05) is 17.6 Å². The molecule has 0 aliphatic heterocycles. The van der Waals surface area contributed by atoms with E-state index in [0.717, 1.165) is 30.5 Å². The largest absolute Gasteiger partial charge is 0.512 e. The van der Waals surface area contributed by atoms with Crippen LogP contribution in [-0.4, -0.2) is 37.5 Å². The summed E-state index contributed by atoms with van der Waals surface area (Å²) in [5, 5.41) is 16.0. The molecule has 166 valence electrons. The normalized spacial score (nSPS) is 12.9. The van der Waals surface area contributed by atoms with Gasteiger partial charge in [0, 0.05) is 24.2 Å². The minimum atomic E-state index is -0.438. The van der Waals surface area contributed by atoms with E-state index in [2.05, 4.69) is 30.6 Å². The van der Waals surface area contributed by atoms with Crippen LogP contribution < -0.4 is 21.9 Å². The Morgan fingerprint density at radius 1 is 1.19 bits per heavy atom.